The van der Waals surface area contributed by atoms with Crippen LogP contribution in [0.5, 0.6) is 5.75 Å². The topological polar surface area (TPSA) is 65.8 Å². The van der Waals surface area contributed by atoms with E-state index in [1.165, 1.54) is 0 Å². The van der Waals surface area contributed by atoms with Crippen molar-refractivity contribution in [2.75, 3.05) is 27.2 Å². The van der Waals surface area contributed by atoms with Gasteiger partial charge in [-0.15, -0.1) is 0 Å². The van der Waals surface area contributed by atoms with Crippen molar-refractivity contribution in [3.63, 3.8) is 0 Å². The van der Waals surface area contributed by atoms with Crippen LogP contribution < -0.4 is 5.56 Å². The van der Waals surface area contributed by atoms with Crippen LogP contribution in [0.4, 0.5) is 0 Å². The van der Waals surface area contributed by atoms with Gasteiger partial charge < -0.3 is 19.5 Å². The SMILES string of the molecule is CN(C)Cc1ccc2n(c1=O)C[C@H]1C[C@@H]2CN(C(=O)c2cc3ccccc3cc2O)C1. The lowest BCUT2D eigenvalue weighted by molar-refractivity contribution is 0.0591. The molecule has 6 nitrogen and oxygen atoms in total. The van der Waals surface area contributed by atoms with E-state index in [1.807, 2.05) is 58.8 Å². The molecule has 1 saturated heterocycles. The van der Waals surface area contributed by atoms with Crippen LogP contribution in [0.25, 0.3) is 10.8 Å². The number of aromatic nitrogens is 1. The molecular weight excluding hydrogens is 390 g/mol. The number of phenolic OH excluding ortho intramolecular Hbond substituents is 1. The highest BCUT2D eigenvalue weighted by molar-refractivity contribution is 6.01. The number of aromatic hydroxyl groups is 1. The van der Waals surface area contributed by atoms with E-state index in [0.717, 1.165) is 28.5 Å². The van der Waals surface area contributed by atoms with Gasteiger partial charge in [0.25, 0.3) is 11.5 Å². The second kappa shape index (κ2) is 7.54. The second-order valence-corrected chi connectivity index (χ2v) is 9.16. The fourth-order valence-corrected chi connectivity index (χ4v) is 5.19. The predicted molar refractivity (Wildman–Crippen MR) is 120 cm³/mol. The highest BCUT2D eigenvalue weighted by atomic mass is 16.3. The Morgan fingerprint density at radius 2 is 1.81 bits per heavy atom. The van der Waals surface area contributed by atoms with Crippen LogP contribution in [-0.2, 0) is 13.1 Å². The molecule has 0 unspecified atom stereocenters. The van der Waals surface area contributed by atoms with Gasteiger partial charge in [0.1, 0.15) is 5.75 Å². The summed E-state index contributed by atoms with van der Waals surface area (Å²) in [6.45, 7) is 2.43. The number of carbonyl (C=O) groups excluding carboxylic acids is 1. The molecule has 3 aromatic rings. The van der Waals surface area contributed by atoms with Crippen molar-refractivity contribution in [1.82, 2.24) is 14.4 Å². The minimum atomic E-state index is -0.141. The molecule has 3 heterocycles. The number of phenols is 1. The Morgan fingerprint density at radius 1 is 1.06 bits per heavy atom. The van der Waals surface area contributed by atoms with Gasteiger partial charge in [-0.3, -0.25) is 9.59 Å². The zero-order valence-corrected chi connectivity index (χ0v) is 17.9. The van der Waals surface area contributed by atoms with E-state index >= 15 is 0 Å². The molecule has 2 aliphatic heterocycles. The number of carbonyl (C=O) groups is 1. The third kappa shape index (κ3) is 3.51. The van der Waals surface area contributed by atoms with Crippen molar-refractivity contribution in [3.05, 3.63) is 75.7 Å². The molecular formula is C25H27N3O3. The first-order chi connectivity index (χ1) is 14.9. The molecule has 1 fully saturated rings. The molecule has 0 saturated carbocycles. The maximum Gasteiger partial charge on any atom is 0.257 e. The molecule has 2 aliphatic rings. The number of hydrogen-bond donors (Lipinski definition) is 1. The van der Waals surface area contributed by atoms with Gasteiger partial charge in [-0.25, -0.2) is 0 Å². The summed E-state index contributed by atoms with van der Waals surface area (Å²) in [7, 11) is 3.92. The molecule has 0 radical (unpaired) electrons. The van der Waals surface area contributed by atoms with Gasteiger partial charge in [0, 0.05) is 43.4 Å². The average Bonchev–Trinajstić information content (AvgIpc) is 2.74. The molecule has 0 spiro atoms. The first-order valence-electron chi connectivity index (χ1n) is 10.8. The number of likely N-dealkylation sites (tertiary alicyclic amines) is 1. The maximum atomic E-state index is 13.3. The number of amides is 1. The van der Waals surface area contributed by atoms with Gasteiger partial charge >= 0.3 is 0 Å². The van der Waals surface area contributed by atoms with Gasteiger partial charge in [-0.2, -0.15) is 0 Å². The minimum absolute atomic E-state index is 0.0179. The Balaban J connectivity index is 1.44. The standard InChI is InChI=1S/C25H27N3O3/c1-26(2)14-19-7-8-22-20-9-16(13-28(22)24(19)30)12-27(15-20)25(31)21-10-17-5-3-4-6-18(17)11-23(21)29/h3-8,10-11,16,20,29H,9,12-15H2,1-2H3/t16-,20+/m0/s1. The normalized spacial score (nSPS) is 20.2. The first kappa shape index (κ1) is 19.8. The quantitative estimate of drug-likeness (QED) is 0.712. The molecule has 1 N–H and O–H groups in total. The van der Waals surface area contributed by atoms with Crippen molar-refractivity contribution in [1.29, 1.82) is 0 Å². The Kier molecular flexibility index (Phi) is 4.82. The summed E-state index contributed by atoms with van der Waals surface area (Å²) in [5.41, 5.74) is 2.26. The van der Waals surface area contributed by atoms with Crippen LogP contribution in [0.3, 0.4) is 0 Å². The largest absolute Gasteiger partial charge is 0.507 e. The molecule has 2 atom stereocenters. The monoisotopic (exact) mass is 417 g/mol. The van der Waals surface area contributed by atoms with Gasteiger partial charge in [0.15, 0.2) is 0 Å². The molecule has 1 aromatic heterocycles. The predicted octanol–water partition coefficient (Wildman–Crippen LogP) is 3.03. The lowest BCUT2D eigenvalue weighted by Gasteiger charge is -2.43. The zero-order valence-electron chi connectivity index (χ0n) is 17.9. The number of hydrogen-bond acceptors (Lipinski definition) is 4. The van der Waals surface area contributed by atoms with Crippen LogP contribution in [0.1, 0.15) is 34.0 Å². The fourth-order valence-electron chi connectivity index (χ4n) is 5.19. The third-order valence-corrected chi connectivity index (χ3v) is 6.55. The molecule has 2 aromatic carbocycles. The van der Waals surface area contributed by atoms with Crippen molar-refractivity contribution in [2.45, 2.75) is 25.4 Å². The average molecular weight is 418 g/mol. The third-order valence-electron chi connectivity index (χ3n) is 6.55. The molecule has 5 rings (SSSR count). The first-order valence-corrected chi connectivity index (χ1v) is 10.8. The number of nitrogens with zero attached hydrogens (tertiary/aromatic N) is 3. The van der Waals surface area contributed by atoms with Crippen LogP contribution in [0.2, 0.25) is 0 Å². The van der Waals surface area contributed by atoms with E-state index < -0.39 is 0 Å². The summed E-state index contributed by atoms with van der Waals surface area (Å²) >= 11 is 0. The van der Waals surface area contributed by atoms with E-state index in [2.05, 4.69) is 6.07 Å². The van der Waals surface area contributed by atoms with Gasteiger partial charge in [-0.1, -0.05) is 30.3 Å². The van der Waals surface area contributed by atoms with Crippen molar-refractivity contribution in [2.24, 2.45) is 5.92 Å². The molecule has 6 heteroatoms. The van der Waals surface area contributed by atoms with E-state index in [9.17, 15) is 14.7 Å². The van der Waals surface area contributed by atoms with E-state index in [0.29, 0.717) is 31.7 Å². The van der Waals surface area contributed by atoms with Gasteiger partial charge in [-0.05, 0) is 55.4 Å². The summed E-state index contributed by atoms with van der Waals surface area (Å²) in [4.78, 5) is 30.2. The summed E-state index contributed by atoms with van der Waals surface area (Å²) in [6.07, 6.45) is 0.986. The Hall–Kier alpha value is -3.12. The number of benzene rings is 2. The lowest BCUT2D eigenvalue weighted by atomic mass is 9.82. The molecule has 0 aliphatic carbocycles. The van der Waals surface area contributed by atoms with Crippen LogP contribution in [0, 0.1) is 5.92 Å². The van der Waals surface area contributed by atoms with E-state index in [4.69, 9.17) is 0 Å². The smallest absolute Gasteiger partial charge is 0.257 e. The van der Waals surface area contributed by atoms with E-state index in [-0.39, 0.29) is 29.1 Å². The molecule has 2 bridgehead atoms. The van der Waals surface area contributed by atoms with Crippen molar-refractivity contribution < 1.29 is 9.90 Å². The molecule has 1 amide bonds. The lowest BCUT2D eigenvalue weighted by Crippen LogP contribution is -2.49. The fraction of sp³-hybridized carbons (Fsp3) is 0.360. The van der Waals surface area contributed by atoms with Gasteiger partial charge in [0.2, 0.25) is 0 Å². The maximum absolute atomic E-state index is 13.3. The highest BCUT2D eigenvalue weighted by Crippen LogP contribution is 2.36. The van der Waals surface area contributed by atoms with Crippen LogP contribution >= 0.6 is 0 Å². The van der Waals surface area contributed by atoms with Crippen molar-refractivity contribution >= 4 is 16.7 Å². The number of rotatable bonds is 3. The number of pyridine rings is 1. The molecule has 31 heavy (non-hydrogen) atoms. The molecule has 160 valence electrons. The Bertz CT molecular complexity index is 1230. The second-order valence-electron chi connectivity index (χ2n) is 9.16. The summed E-state index contributed by atoms with van der Waals surface area (Å²) < 4.78 is 1.92. The summed E-state index contributed by atoms with van der Waals surface area (Å²) in [5, 5.41) is 12.4. The van der Waals surface area contributed by atoms with Crippen molar-refractivity contribution in [3.8, 4) is 5.75 Å². The van der Waals surface area contributed by atoms with Gasteiger partial charge in [0.05, 0.1) is 5.56 Å². The number of fused-ring (bicyclic) bond motifs is 5. The Labute approximate surface area is 181 Å². The van der Waals surface area contributed by atoms with Crippen LogP contribution in [0.15, 0.2) is 53.3 Å². The minimum Gasteiger partial charge on any atom is -0.507 e. The highest BCUT2D eigenvalue weighted by Gasteiger charge is 2.37. The van der Waals surface area contributed by atoms with E-state index in [1.54, 1.807) is 12.1 Å². The summed E-state index contributed by atoms with van der Waals surface area (Å²) in [5.74, 6) is 0.257. The van der Waals surface area contributed by atoms with Crippen LogP contribution in [-0.4, -0.2) is 52.6 Å². The Morgan fingerprint density at radius 3 is 2.55 bits per heavy atom. The summed E-state index contributed by atoms with van der Waals surface area (Å²) in [6, 6.07) is 15.2. The zero-order chi connectivity index (χ0) is 21.7. The number of piperidine rings is 1.